The van der Waals surface area contributed by atoms with Crippen LogP contribution in [0.25, 0.3) is 0 Å². The van der Waals surface area contributed by atoms with Gasteiger partial charge in [0, 0.05) is 6.54 Å². The summed E-state index contributed by atoms with van der Waals surface area (Å²) in [6.45, 7) is 12.1. The van der Waals surface area contributed by atoms with Crippen molar-refractivity contribution in [3.63, 3.8) is 0 Å². The first-order valence-electron chi connectivity index (χ1n) is 8.83. The Bertz CT molecular complexity index is 650. The Morgan fingerprint density at radius 2 is 1.85 bits per heavy atom. The maximum absolute atomic E-state index is 12.1. The minimum absolute atomic E-state index is 0.231. The zero-order chi connectivity index (χ0) is 19.8. The van der Waals surface area contributed by atoms with E-state index < -0.39 is 10.1 Å². The Hall–Kier alpha value is -1.44. The topological polar surface area (TPSA) is 81.7 Å². The van der Waals surface area contributed by atoms with Crippen LogP contribution in [0.2, 0.25) is 0 Å². The Labute approximate surface area is 157 Å². The van der Waals surface area contributed by atoms with Crippen LogP contribution in [0.5, 0.6) is 0 Å². The van der Waals surface area contributed by atoms with Gasteiger partial charge in [0.05, 0.1) is 11.5 Å². The third-order valence-corrected chi connectivity index (χ3v) is 5.43. The van der Waals surface area contributed by atoms with Crippen molar-refractivity contribution in [2.24, 2.45) is 11.8 Å². The third-order valence-electron chi connectivity index (χ3n) is 4.14. The molecule has 2 unspecified atom stereocenters. The van der Waals surface area contributed by atoms with E-state index >= 15 is 0 Å². The lowest BCUT2D eigenvalue weighted by molar-refractivity contribution is -0.138. The molecule has 2 rings (SSSR count). The molecule has 1 N–H and O–H groups in total. The van der Waals surface area contributed by atoms with Gasteiger partial charge in [-0.25, -0.2) is 0 Å². The number of carbonyl (C=O) groups is 1. The monoisotopic (exact) mass is 385 g/mol. The largest absolute Gasteiger partial charge is 0.462 e. The number of piperidine rings is 1. The number of hydrogen-bond acceptors (Lipinski definition) is 6. The van der Waals surface area contributed by atoms with Gasteiger partial charge in [-0.15, -0.1) is 0 Å². The molecule has 6 nitrogen and oxygen atoms in total. The van der Waals surface area contributed by atoms with Crippen LogP contribution in [0, 0.1) is 18.8 Å². The molecule has 1 fully saturated rings. The highest BCUT2D eigenvalue weighted by atomic mass is 32.2. The molecular weight excluding hydrogens is 354 g/mol. The minimum Gasteiger partial charge on any atom is -0.462 e. The number of ether oxygens (including phenoxy) is 1. The van der Waals surface area contributed by atoms with E-state index in [4.69, 9.17) is 4.18 Å². The summed E-state index contributed by atoms with van der Waals surface area (Å²) in [6.07, 6.45) is 1.07. The van der Waals surface area contributed by atoms with Crippen molar-refractivity contribution >= 4 is 16.6 Å². The van der Waals surface area contributed by atoms with Crippen molar-refractivity contribution < 1.29 is 22.1 Å². The van der Waals surface area contributed by atoms with E-state index in [2.05, 4.69) is 17.0 Å². The molecule has 2 atom stereocenters. The fourth-order valence-corrected chi connectivity index (χ4v) is 3.33. The van der Waals surface area contributed by atoms with Crippen LogP contribution in [-0.2, 0) is 23.8 Å². The molecule has 0 radical (unpaired) electrons. The average Bonchev–Trinajstić information content (AvgIpc) is 2.54. The number of carbonyl (C=O) groups excluding carboxylic acids is 1. The zero-order valence-corrected chi connectivity index (χ0v) is 17.1. The third kappa shape index (κ3) is 8.29. The van der Waals surface area contributed by atoms with Gasteiger partial charge >= 0.3 is 0 Å². The lowest BCUT2D eigenvalue weighted by Gasteiger charge is -2.28. The van der Waals surface area contributed by atoms with Gasteiger partial charge in [0.25, 0.3) is 16.6 Å². The van der Waals surface area contributed by atoms with Crippen LogP contribution in [0.3, 0.4) is 0 Å². The van der Waals surface area contributed by atoms with Crippen LogP contribution in [0.1, 0.15) is 39.7 Å². The highest BCUT2D eigenvalue weighted by molar-refractivity contribution is 7.86. The number of hydrogen-bond donors (Lipinski definition) is 1. The van der Waals surface area contributed by atoms with Crippen molar-refractivity contribution in [2.75, 3.05) is 19.7 Å². The van der Waals surface area contributed by atoms with E-state index in [9.17, 15) is 13.2 Å². The first kappa shape index (κ1) is 22.6. The van der Waals surface area contributed by atoms with Crippen LogP contribution in [0.4, 0.5) is 0 Å². The molecule has 0 amide bonds. The highest BCUT2D eigenvalue weighted by Crippen LogP contribution is 2.21. The van der Waals surface area contributed by atoms with E-state index in [0.717, 1.165) is 25.1 Å². The minimum atomic E-state index is -3.63. The van der Waals surface area contributed by atoms with Crippen LogP contribution >= 0.6 is 0 Å². The van der Waals surface area contributed by atoms with Crippen LogP contribution in [0.15, 0.2) is 29.2 Å². The first-order chi connectivity index (χ1) is 12.0. The summed E-state index contributed by atoms with van der Waals surface area (Å²) < 4.78 is 33.8. The van der Waals surface area contributed by atoms with Gasteiger partial charge in [0.15, 0.2) is 0 Å². The van der Waals surface area contributed by atoms with E-state index in [1.165, 1.54) is 0 Å². The Kier molecular flexibility index (Phi) is 8.73. The Morgan fingerprint density at radius 3 is 2.31 bits per heavy atom. The molecule has 0 saturated carbocycles. The average molecular weight is 386 g/mol. The van der Waals surface area contributed by atoms with E-state index in [0.29, 0.717) is 12.4 Å². The van der Waals surface area contributed by atoms with Crippen LogP contribution in [-0.4, -0.2) is 40.2 Å². The molecule has 1 aliphatic heterocycles. The van der Waals surface area contributed by atoms with Gasteiger partial charge < -0.3 is 10.1 Å². The number of aryl methyl sites for hydroxylation is 1. The van der Waals surface area contributed by atoms with Gasteiger partial charge in [-0.1, -0.05) is 24.6 Å². The predicted molar refractivity (Wildman–Crippen MR) is 101 cm³/mol. The van der Waals surface area contributed by atoms with Crippen LogP contribution < -0.4 is 5.32 Å². The van der Waals surface area contributed by atoms with Crippen molar-refractivity contribution in [2.45, 2.75) is 51.5 Å². The maximum atomic E-state index is 12.1. The lowest BCUT2D eigenvalue weighted by Crippen LogP contribution is -2.38. The molecule has 1 heterocycles. The fourth-order valence-electron chi connectivity index (χ4n) is 2.37. The predicted octanol–water partition coefficient (Wildman–Crippen LogP) is 2.90. The van der Waals surface area contributed by atoms with Crippen molar-refractivity contribution in [1.29, 1.82) is 0 Å². The lowest BCUT2D eigenvalue weighted by atomic mass is 9.89. The van der Waals surface area contributed by atoms with E-state index in [1.807, 2.05) is 27.7 Å². The summed E-state index contributed by atoms with van der Waals surface area (Å²) in [6, 6.07) is 6.74. The molecule has 1 saturated heterocycles. The molecule has 148 valence electrons. The highest BCUT2D eigenvalue weighted by Gasteiger charge is 2.24. The molecule has 0 aromatic heterocycles. The summed E-state index contributed by atoms with van der Waals surface area (Å²) >= 11 is 0. The molecule has 1 aliphatic rings. The standard InChI is InChI=1S/C14H21NO3S.C5H10O2/c1-11-3-5-14(6-4-11)19(16,17)18-10-13-9-15-8-7-12(13)2;1-5(2,3)7-4-6/h3-6,12-13,15H,7-10H2,1-2H3;4H,1-3H3. The Balaban J connectivity index is 0.000000412. The zero-order valence-electron chi connectivity index (χ0n) is 16.3. The number of nitrogens with one attached hydrogen (secondary N) is 1. The van der Waals surface area contributed by atoms with Gasteiger partial charge in [0.1, 0.15) is 5.60 Å². The second-order valence-corrected chi connectivity index (χ2v) is 9.22. The summed E-state index contributed by atoms with van der Waals surface area (Å²) in [4.78, 5) is 9.83. The summed E-state index contributed by atoms with van der Waals surface area (Å²) in [5.41, 5.74) is 0.714. The fraction of sp³-hybridized carbons (Fsp3) is 0.632. The Morgan fingerprint density at radius 1 is 1.23 bits per heavy atom. The molecule has 1 aromatic rings. The molecule has 1 aromatic carbocycles. The number of rotatable bonds is 5. The van der Waals surface area contributed by atoms with Crippen molar-refractivity contribution in [3.05, 3.63) is 29.8 Å². The van der Waals surface area contributed by atoms with Gasteiger partial charge in [-0.2, -0.15) is 8.42 Å². The van der Waals surface area contributed by atoms with Gasteiger partial charge in [-0.3, -0.25) is 8.98 Å². The maximum Gasteiger partial charge on any atom is 0.296 e. The van der Waals surface area contributed by atoms with E-state index in [-0.39, 0.29) is 23.0 Å². The van der Waals surface area contributed by atoms with Crippen molar-refractivity contribution in [3.8, 4) is 0 Å². The molecule has 0 spiro atoms. The molecule has 7 heteroatoms. The SMILES string of the molecule is CC(C)(C)OC=O.Cc1ccc(S(=O)(=O)OCC2CNCCC2C)cc1. The summed E-state index contributed by atoms with van der Waals surface area (Å²) in [5, 5.41) is 3.27. The van der Waals surface area contributed by atoms with E-state index in [1.54, 1.807) is 24.3 Å². The van der Waals surface area contributed by atoms with Gasteiger partial charge in [0.2, 0.25) is 0 Å². The molecule has 26 heavy (non-hydrogen) atoms. The van der Waals surface area contributed by atoms with Gasteiger partial charge in [-0.05, 0) is 64.6 Å². The smallest absolute Gasteiger partial charge is 0.296 e. The number of benzene rings is 1. The molecule has 0 bridgehead atoms. The summed E-state index contributed by atoms with van der Waals surface area (Å²) in [7, 11) is -3.63. The first-order valence-corrected chi connectivity index (χ1v) is 10.2. The molecule has 0 aliphatic carbocycles. The summed E-state index contributed by atoms with van der Waals surface area (Å²) in [5.74, 6) is 0.753. The second-order valence-electron chi connectivity index (χ2n) is 7.61. The second kappa shape index (κ2) is 10.0. The normalized spacial score (nSPS) is 20.7. The molecular formula is C19H31NO5S. The quantitative estimate of drug-likeness (QED) is 0.620. The van der Waals surface area contributed by atoms with Crippen molar-refractivity contribution in [1.82, 2.24) is 5.32 Å².